The fourth-order valence-corrected chi connectivity index (χ4v) is 3.48. The normalized spacial score (nSPS) is 17.5. The minimum absolute atomic E-state index is 0.633. The summed E-state index contributed by atoms with van der Waals surface area (Å²) in [6.45, 7) is 4.04. The lowest BCUT2D eigenvalue weighted by Crippen LogP contribution is -2.17. The van der Waals surface area contributed by atoms with Gasteiger partial charge in [0.2, 0.25) is 5.95 Å². The number of nitrogens with zero attached hydrogens (tertiary/aromatic N) is 5. The van der Waals surface area contributed by atoms with Gasteiger partial charge in [-0.3, -0.25) is 0 Å². The van der Waals surface area contributed by atoms with Crippen LogP contribution in [0.4, 0.5) is 5.95 Å². The number of benzene rings is 1. The highest BCUT2D eigenvalue weighted by Gasteiger charge is 2.21. The molecule has 1 aliphatic heterocycles. The van der Waals surface area contributed by atoms with Crippen LogP contribution in [0.1, 0.15) is 12.0 Å². The van der Waals surface area contributed by atoms with E-state index in [1.54, 1.807) is 0 Å². The van der Waals surface area contributed by atoms with Crippen molar-refractivity contribution in [2.45, 2.75) is 19.5 Å². The highest BCUT2D eigenvalue weighted by molar-refractivity contribution is 5.53. The average molecular weight is 348 g/mol. The second-order valence-electron chi connectivity index (χ2n) is 6.95. The van der Waals surface area contributed by atoms with Crippen molar-refractivity contribution in [3.05, 3.63) is 60.7 Å². The van der Waals surface area contributed by atoms with Crippen molar-refractivity contribution < 1.29 is 0 Å². The van der Waals surface area contributed by atoms with E-state index in [2.05, 4.69) is 55.1 Å². The van der Waals surface area contributed by atoms with E-state index < -0.39 is 0 Å². The van der Waals surface area contributed by atoms with Crippen molar-refractivity contribution in [2.24, 2.45) is 5.92 Å². The summed E-state index contributed by atoms with van der Waals surface area (Å²) < 4.78 is 2.22. The van der Waals surface area contributed by atoms with Crippen LogP contribution in [0.15, 0.2) is 55.1 Å². The van der Waals surface area contributed by atoms with E-state index in [0.29, 0.717) is 18.4 Å². The molecule has 0 radical (unpaired) electrons. The molecule has 0 aliphatic carbocycles. The lowest BCUT2D eigenvalue weighted by molar-refractivity contribution is 0.378. The first-order valence-corrected chi connectivity index (χ1v) is 9.08. The van der Waals surface area contributed by atoms with Crippen molar-refractivity contribution in [3.8, 4) is 11.4 Å². The maximum absolute atomic E-state index is 4.52. The predicted octanol–water partition coefficient (Wildman–Crippen LogP) is 2.90. The molecule has 0 bridgehead atoms. The van der Waals surface area contributed by atoms with E-state index in [-0.39, 0.29) is 0 Å². The zero-order valence-corrected chi connectivity index (χ0v) is 15.0. The number of rotatable bonds is 6. The Bertz CT molecular complexity index is 827. The van der Waals surface area contributed by atoms with Crippen LogP contribution in [0, 0.1) is 5.92 Å². The third kappa shape index (κ3) is 3.91. The van der Waals surface area contributed by atoms with Gasteiger partial charge >= 0.3 is 0 Å². The maximum Gasteiger partial charge on any atom is 0.222 e. The first-order chi connectivity index (χ1) is 12.8. The molecule has 26 heavy (non-hydrogen) atoms. The van der Waals surface area contributed by atoms with Crippen molar-refractivity contribution in [2.75, 3.05) is 25.5 Å². The molecular formula is C20H24N6. The fourth-order valence-electron chi connectivity index (χ4n) is 3.48. The predicted molar refractivity (Wildman–Crippen MR) is 103 cm³/mol. The lowest BCUT2D eigenvalue weighted by Gasteiger charge is -2.13. The Labute approximate surface area is 153 Å². The molecule has 6 nitrogen and oxygen atoms in total. The number of hydrogen-bond donors (Lipinski definition) is 1. The van der Waals surface area contributed by atoms with E-state index in [4.69, 9.17) is 0 Å². The Kier molecular flexibility index (Phi) is 4.93. The summed E-state index contributed by atoms with van der Waals surface area (Å²) in [6, 6.07) is 10.2. The van der Waals surface area contributed by atoms with Crippen LogP contribution in [0.5, 0.6) is 0 Å². The molecule has 0 unspecified atom stereocenters. The first-order valence-electron chi connectivity index (χ1n) is 9.08. The Morgan fingerprint density at radius 2 is 1.92 bits per heavy atom. The summed E-state index contributed by atoms with van der Waals surface area (Å²) in [5.74, 6) is 2.25. The second-order valence-corrected chi connectivity index (χ2v) is 6.95. The van der Waals surface area contributed by atoms with Crippen molar-refractivity contribution in [1.82, 2.24) is 24.4 Å². The van der Waals surface area contributed by atoms with Crippen LogP contribution in [0.2, 0.25) is 0 Å². The molecule has 3 heterocycles. The quantitative estimate of drug-likeness (QED) is 0.742. The van der Waals surface area contributed by atoms with Gasteiger partial charge in [-0.05, 0) is 31.5 Å². The molecule has 1 aliphatic rings. The summed E-state index contributed by atoms with van der Waals surface area (Å²) in [7, 11) is 2.18. The third-order valence-electron chi connectivity index (χ3n) is 4.86. The van der Waals surface area contributed by atoms with Crippen LogP contribution in [-0.2, 0) is 13.1 Å². The number of nitrogens with one attached hydrogen (secondary N) is 1. The van der Waals surface area contributed by atoms with Crippen LogP contribution < -0.4 is 5.32 Å². The molecule has 1 N–H and O–H groups in total. The molecule has 0 amide bonds. The summed E-state index contributed by atoms with van der Waals surface area (Å²) in [6.07, 6.45) is 8.84. The Balaban J connectivity index is 1.41. The van der Waals surface area contributed by atoms with E-state index in [1.807, 2.05) is 36.8 Å². The molecule has 1 atom stereocenters. The number of aromatic nitrogens is 4. The molecular weight excluding hydrogens is 324 g/mol. The van der Waals surface area contributed by atoms with E-state index in [0.717, 1.165) is 24.5 Å². The van der Waals surface area contributed by atoms with Gasteiger partial charge in [0.25, 0.3) is 0 Å². The highest BCUT2D eigenvalue weighted by atomic mass is 15.1. The SMILES string of the molecule is CN1CC[C@@H](Cn2ccnc2-c2cnc(NCc3ccccc3)nc2)C1. The number of imidazole rings is 1. The van der Waals surface area contributed by atoms with Crippen molar-refractivity contribution >= 4 is 5.95 Å². The average Bonchev–Trinajstić information content (AvgIpc) is 3.30. The number of anilines is 1. The first kappa shape index (κ1) is 16.7. The standard InChI is InChI=1S/C20H24N6/c1-25-9-7-17(14-25)15-26-10-8-21-19(26)18-12-23-20(24-13-18)22-11-16-5-3-2-4-6-16/h2-6,8,10,12-13,17H,7,9,11,14-15H2,1H3,(H,22,23,24)/t17-/m1/s1. The van der Waals surface area contributed by atoms with Crippen molar-refractivity contribution in [3.63, 3.8) is 0 Å². The number of hydrogen-bond acceptors (Lipinski definition) is 5. The monoisotopic (exact) mass is 348 g/mol. The molecule has 134 valence electrons. The smallest absolute Gasteiger partial charge is 0.222 e. The van der Waals surface area contributed by atoms with Crippen LogP contribution >= 0.6 is 0 Å². The van der Waals surface area contributed by atoms with Gasteiger partial charge in [-0.25, -0.2) is 15.0 Å². The minimum atomic E-state index is 0.633. The largest absolute Gasteiger partial charge is 0.350 e. The number of likely N-dealkylation sites (tertiary alicyclic amines) is 1. The molecule has 1 saturated heterocycles. The van der Waals surface area contributed by atoms with E-state index in [1.165, 1.54) is 18.5 Å². The summed E-state index contributed by atoms with van der Waals surface area (Å²) in [5, 5.41) is 3.26. The lowest BCUT2D eigenvalue weighted by atomic mass is 10.1. The highest BCUT2D eigenvalue weighted by Crippen LogP contribution is 2.21. The van der Waals surface area contributed by atoms with Gasteiger partial charge in [0.1, 0.15) is 5.82 Å². The van der Waals surface area contributed by atoms with Gasteiger partial charge in [0.15, 0.2) is 0 Å². The molecule has 6 heteroatoms. The third-order valence-corrected chi connectivity index (χ3v) is 4.86. The van der Waals surface area contributed by atoms with E-state index >= 15 is 0 Å². The maximum atomic E-state index is 4.52. The molecule has 1 fully saturated rings. The molecule has 0 spiro atoms. The van der Waals surface area contributed by atoms with E-state index in [9.17, 15) is 0 Å². The van der Waals surface area contributed by atoms with Gasteiger partial charge in [0, 0.05) is 44.4 Å². The Hall–Kier alpha value is -2.73. The molecule has 3 aromatic rings. The van der Waals surface area contributed by atoms with Gasteiger partial charge in [-0.1, -0.05) is 30.3 Å². The summed E-state index contributed by atoms with van der Waals surface area (Å²) >= 11 is 0. The fraction of sp³-hybridized carbons (Fsp3) is 0.350. The summed E-state index contributed by atoms with van der Waals surface area (Å²) in [5.41, 5.74) is 2.16. The van der Waals surface area contributed by atoms with Gasteiger partial charge in [0.05, 0.1) is 5.56 Å². The Morgan fingerprint density at radius 3 is 2.65 bits per heavy atom. The van der Waals surface area contributed by atoms with Crippen LogP contribution in [0.3, 0.4) is 0 Å². The zero-order chi connectivity index (χ0) is 17.8. The molecule has 0 saturated carbocycles. The minimum Gasteiger partial charge on any atom is -0.350 e. The zero-order valence-electron chi connectivity index (χ0n) is 15.0. The molecule has 1 aromatic carbocycles. The van der Waals surface area contributed by atoms with Crippen molar-refractivity contribution in [1.29, 1.82) is 0 Å². The summed E-state index contributed by atoms with van der Waals surface area (Å²) in [4.78, 5) is 15.8. The topological polar surface area (TPSA) is 58.9 Å². The Morgan fingerprint density at radius 1 is 1.12 bits per heavy atom. The van der Waals surface area contributed by atoms with Gasteiger partial charge < -0.3 is 14.8 Å². The van der Waals surface area contributed by atoms with Gasteiger partial charge in [-0.15, -0.1) is 0 Å². The van der Waals surface area contributed by atoms with Gasteiger partial charge in [-0.2, -0.15) is 0 Å². The second kappa shape index (κ2) is 7.66. The van der Waals surface area contributed by atoms with Crippen LogP contribution in [0.25, 0.3) is 11.4 Å². The van der Waals surface area contributed by atoms with Crippen LogP contribution in [-0.4, -0.2) is 44.6 Å². The molecule has 4 rings (SSSR count). The molecule has 2 aromatic heterocycles.